The number of rotatable bonds is 2. The van der Waals surface area contributed by atoms with E-state index in [2.05, 4.69) is 4.98 Å². The molecule has 70 valence electrons. The summed E-state index contributed by atoms with van der Waals surface area (Å²) in [6.45, 7) is 1.45. The minimum Gasteiger partial charge on any atom is -0.486 e. The Balaban J connectivity index is 1.97. The van der Waals surface area contributed by atoms with E-state index in [0.717, 1.165) is 18.8 Å². The maximum absolute atomic E-state index is 5.64. The van der Waals surface area contributed by atoms with E-state index in [4.69, 9.17) is 21.1 Å². The Morgan fingerprint density at radius 2 is 2.46 bits per heavy atom. The first-order chi connectivity index (χ1) is 6.34. The molecule has 0 bridgehead atoms. The van der Waals surface area contributed by atoms with Crippen molar-refractivity contribution in [2.45, 2.75) is 12.5 Å². The Morgan fingerprint density at radius 3 is 3.08 bits per heavy atom. The van der Waals surface area contributed by atoms with Crippen molar-refractivity contribution >= 4 is 11.6 Å². The fourth-order valence-corrected chi connectivity index (χ4v) is 1.34. The van der Waals surface area contributed by atoms with Crippen molar-refractivity contribution in [3.8, 4) is 5.75 Å². The highest BCUT2D eigenvalue weighted by molar-refractivity contribution is 6.29. The van der Waals surface area contributed by atoms with Crippen LogP contribution in [0.15, 0.2) is 18.3 Å². The average molecular weight is 200 g/mol. The first kappa shape index (κ1) is 8.78. The fourth-order valence-electron chi connectivity index (χ4n) is 1.23. The Labute approximate surface area is 81.6 Å². The molecule has 1 fully saturated rings. The second kappa shape index (κ2) is 3.94. The summed E-state index contributed by atoms with van der Waals surface area (Å²) in [7, 11) is 0. The molecule has 1 saturated heterocycles. The molecule has 0 spiro atoms. The number of hydrogen-bond donors (Lipinski definition) is 0. The molecule has 1 atom stereocenters. The van der Waals surface area contributed by atoms with Gasteiger partial charge in [0.2, 0.25) is 0 Å². The van der Waals surface area contributed by atoms with Crippen LogP contribution in [0.25, 0.3) is 0 Å². The van der Waals surface area contributed by atoms with E-state index >= 15 is 0 Å². The average Bonchev–Trinajstić information content (AvgIpc) is 2.62. The molecule has 0 saturated carbocycles. The highest BCUT2D eigenvalue weighted by Gasteiger charge is 2.16. The van der Waals surface area contributed by atoms with Crippen molar-refractivity contribution in [3.63, 3.8) is 0 Å². The summed E-state index contributed by atoms with van der Waals surface area (Å²) in [5.74, 6) is 0.750. The molecule has 2 heterocycles. The highest BCUT2D eigenvalue weighted by Crippen LogP contribution is 2.17. The van der Waals surface area contributed by atoms with E-state index in [9.17, 15) is 0 Å². The topological polar surface area (TPSA) is 31.4 Å². The van der Waals surface area contributed by atoms with E-state index in [0.29, 0.717) is 11.8 Å². The second-order valence-corrected chi connectivity index (χ2v) is 3.31. The maximum Gasteiger partial charge on any atom is 0.138 e. The fraction of sp³-hybridized carbons (Fsp3) is 0.444. The molecule has 0 aromatic carbocycles. The summed E-state index contributed by atoms with van der Waals surface area (Å²) in [6.07, 6.45) is 2.74. The van der Waals surface area contributed by atoms with Gasteiger partial charge >= 0.3 is 0 Å². The third kappa shape index (κ3) is 2.32. The van der Waals surface area contributed by atoms with Gasteiger partial charge in [0.05, 0.1) is 19.4 Å². The van der Waals surface area contributed by atoms with E-state index in [-0.39, 0.29) is 6.10 Å². The molecular formula is C9H10ClNO2. The lowest BCUT2D eigenvalue weighted by molar-refractivity contribution is 0.141. The van der Waals surface area contributed by atoms with E-state index in [1.807, 2.05) is 6.07 Å². The molecule has 1 aromatic heterocycles. The van der Waals surface area contributed by atoms with Crippen molar-refractivity contribution in [1.82, 2.24) is 4.98 Å². The lowest BCUT2D eigenvalue weighted by Gasteiger charge is -2.10. The van der Waals surface area contributed by atoms with Gasteiger partial charge in [-0.05, 0) is 12.1 Å². The number of ether oxygens (including phenoxy) is 2. The molecule has 1 unspecified atom stereocenters. The first-order valence-corrected chi connectivity index (χ1v) is 4.58. The number of nitrogens with zero attached hydrogens (tertiary/aromatic N) is 1. The van der Waals surface area contributed by atoms with Crippen LogP contribution in [0.1, 0.15) is 6.42 Å². The van der Waals surface area contributed by atoms with Gasteiger partial charge in [0.1, 0.15) is 17.0 Å². The van der Waals surface area contributed by atoms with Gasteiger partial charge in [-0.1, -0.05) is 11.6 Å². The predicted octanol–water partition coefficient (Wildman–Crippen LogP) is 1.90. The zero-order valence-electron chi connectivity index (χ0n) is 7.07. The standard InChI is InChI=1S/C9H10ClNO2/c10-9-2-1-7(5-11-9)13-8-3-4-12-6-8/h1-2,5,8H,3-4,6H2. The van der Waals surface area contributed by atoms with Crippen molar-refractivity contribution in [2.75, 3.05) is 13.2 Å². The predicted molar refractivity (Wildman–Crippen MR) is 49.1 cm³/mol. The van der Waals surface area contributed by atoms with Gasteiger partial charge in [0.15, 0.2) is 0 Å². The van der Waals surface area contributed by atoms with Crippen molar-refractivity contribution < 1.29 is 9.47 Å². The van der Waals surface area contributed by atoms with E-state index < -0.39 is 0 Å². The molecule has 2 rings (SSSR count). The minimum absolute atomic E-state index is 0.169. The van der Waals surface area contributed by atoms with E-state index in [1.54, 1.807) is 12.3 Å². The quantitative estimate of drug-likeness (QED) is 0.682. The molecule has 1 aliphatic rings. The van der Waals surface area contributed by atoms with Crippen molar-refractivity contribution in [3.05, 3.63) is 23.5 Å². The van der Waals surface area contributed by atoms with Crippen LogP contribution in [0.5, 0.6) is 5.75 Å². The number of aromatic nitrogens is 1. The molecule has 0 N–H and O–H groups in total. The monoisotopic (exact) mass is 199 g/mol. The zero-order valence-corrected chi connectivity index (χ0v) is 7.83. The van der Waals surface area contributed by atoms with E-state index in [1.165, 1.54) is 0 Å². The van der Waals surface area contributed by atoms with Crippen molar-refractivity contribution in [1.29, 1.82) is 0 Å². The molecular weight excluding hydrogens is 190 g/mol. The largest absolute Gasteiger partial charge is 0.486 e. The zero-order chi connectivity index (χ0) is 9.10. The maximum atomic E-state index is 5.64. The third-order valence-corrected chi connectivity index (χ3v) is 2.11. The van der Waals surface area contributed by atoms with Gasteiger partial charge in [-0.2, -0.15) is 0 Å². The summed E-state index contributed by atoms with van der Waals surface area (Å²) in [5.41, 5.74) is 0. The Bertz CT molecular complexity index is 269. The summed E-state index contributed by atoms with van der Waals surface area (Å²) in [6, 6.07) is 3.53. The van der Waals surface area contributed by atoms with Gasteiger partial charge in [-0.3, -0.25) is 0 Å². The number of halogens is 1. The highest BCUT2D eigenvalue weighted by atomic mass is 35.5. The Kier molecular flexibility index (Phi) is 2.66. The first-order valence-electron chi connectivity index (χ1n) is 4.20. The molecule has 13 heavy (non-hydrogen) atoms. The molecule has 3 nitrogen and oxygen atoms in total. The SMILES string of the molecule is Clc1ccc(OC2CCOC2)cn1. The molecule has 0 amide bonds. The minimum atomic E-state index is 0.169. The molecule has 4 heteroatoms. The van der Waals surface area contributed by atoms with Gasteiger partial charge in [0, 0.05) is 6.42 Å². The summed E-state index contributed by atoms with van der Waals surface area (Å²) < 4.78 is 10.8. The molecule has 1 aromatic rings. The van der Waals surface area contributed by atoms with Crippen LogP contribution in [0.4, 0.5) is 0 Å². The second-order valence-electron chi connectivity index (χ2n) is 2.92. The normalized spacial score (nSPS) is 21.8. The van der Waals surface area contributed by atoms with Crippen molar-refractivity contribution in [2.24, 2.45) is 0 Å². The van der Waals surface area contributed by atoms with Crippen LogP contribution in [0.3, 0.4) is 0 Å². The van der Waals surface area contributed by atoms with Crippen LogP contribution in [-0.2, 0) is 4.74 Å². The number of hydrogen-bond acceptors (Lipinski definition) is 3. The van der Waals surface area contributed by atoms with Gasteiger partial charge in [0.25, 0.3) is 0 Å². The third-order valence-electron chi connectivity index (χ3n) is 1.89. The smallest absolute Gasteiger partial charge is 0.138 e. The van der Waals surface area contributed by atoms with Crippen LogP contribution >= 0.6 is 11.6 Å². The lowest BCUT2D eigenvalue weighted by atomic mass is 10.3. The molecule has 0 radical (unpaired) electrons. The molecule has 1 aliphatic heterocycles. The van der Waals surface area contributed by atoms with Gasteiger partial charge < -0.3 is 9.47 Å². The summed E-state index contributed by atoms with van der Waals surface area (Å²) >= 11 is 5.64. The van der Waals surface area contributed by atoms with Gasteiger partial charge in [-0.25, -0.2) is 4.98 Å². The Hall–Kier alpha value is -0.800. The summed E-state index contributed by atoms with van der Waals surface area (Å²) in [4.78, 5) is 3.92. The summed E-state index contributed by atoms with van der Waals surface area (Å²) in [5, 5.41) is 0.482. The van der Waals surface area contributed by atoms with Crippen LogP contribution in [0, 0.1) is 0 Å². The van der Waals surface area contributed by atoms with Crippen LogP contribution in [-0.4, -0.2) is 24.3 Å². The number of pyridine rings is 1. The van der Waals surface area contributed by atoms with Crippen LogP contribution in [0.2, 0.25) is 5.15 Å². The molecule has 0 aliphatic carbocycles. The lowest BCUT2D eigenvalue weighted by Crippen LogP contribution is -2.15. The van der Waals surface area contributed by atoms with Crippen LogP contribution < -0.4 is 4.74 Å². The van der Waals surface area contributed by atoms with Gasteiger partial charge in [-0.15, -0.1) is 0 Å². The Morgan fingerprint density at radius 1 is 1.54 bits per heavy atom.